The molecule has 0 radical (unpaired) electrons. The molecule has 1 aromatic carbocycles. The van der Waals surface area contributed by atoms with Gasteiger partial charge in [0.25, 0.3) is 0 Å². The first-order chi connectivity index (χ1) is 13.9. The van der Waals surface area contributed by atoms with Crippen LogP contribution in [0.1, 0.15) is 51.5 Å². The smallest absolute Gasteiger partial charge is 0.222 e. The van der Waals surface area contributed by atoms with E-state index in [0.717, 1.165) is 12.0 Å². The van der Waals surface area contributed by atoms with Crippen molar-refractivity contribution >= 4 is 23.4 Å². The summed E-state index contributed by atoms with van der Waals surface area (Å²) in [5, 5.41) is 3.60. The highest BCUT2D eigenvalue weighted by Gasteiger charge is 2.36. The largest absolute Gasteiger partial charge is 0.439 e. The third-order valence-corrected chi connectivity index (χ3v) is 5.95. The normalized spacial score (nSPS) is 20.9. The average molecular weight is 430 g/mol. The van der Waals surface area contributed by atoms with Gasteiger partial charge in [-0.1, -0.05) is 31.2 Å². The first-order valence-corrected chi connectivity index (χ1v) is 10.3. The molecule has 0 bridgehead atoms. The molecule has 7 heteroatoms. The van der Waals surface area contributed by atoms with E-state index in [1.165, 1.54) is 0 Å². The fraction of sp³-hybridized carbons (Fsp3) is 0.435. The Kier molecular flexibility index (Phi) is 6.66. The van der Waals surface area contributed by atoms with Gasteiger partial charge >= 0.3 is 0 Å². The van der Waals surface area contributed by atoms with Gasteiger partial charge in [-0.2, -0.15) is 0 Å². The van der Waals surface area contributed by atoms with Crippen LogP contribution in [0, 0.1) is 0 Å². The summed E-state index contributed by atoms with van der Waals surface area (Å²) in [6.45, 7) is 3.43. The SMILES string of the molecule is C.C[C@@]1(CCC(=O)N2CC(c3ccc(Oc4cccc(Cl)c4)nc3)C2)CCC(=O)N1. The van der Waals surface area contributed by atoms with Gasteiger partial charge < -0.3 is 15.0 Å². The summed E-state index contributed by atoms with van der Waals surface area (Å²) >= 11 is 5.97. The number of aromatic nitrogens is 1. The lowest BCUT2D eigenvalue weighted by atomic mass is 9.90. The zero-order valence-electron chi connectivity index (χ0n) is 16.4. The molecule has 160 valence electrons. The van der Waals surface area contributed by atoms with Crippen LogP contribution >= 0.6 is 11.6 Å². The second kappa shape index (κ2) is 9.04. The van der Waals surface area contributed by atoms with Crippen LogP contribution in [-0.4, -0.2) is 40.3 Å². The number of carbonyl (C=O) groups excluding carboxylic acids is 2. The third kappa shape index (κ3) is 5.11. The zero-order chi connectivity index (χ0) is 20.4. The van der Waals surface area contributed by atoms with Crippen LogP contribution in [0.2, 0.25) is 5.02 Å². The van der Waals surface area contributed by atoms with E-state index >= 15 is 0 Å². The molecule has 2 aliphatic rings. The molecule has 2 amide bonds. The highest BCUT2D eigenvalue weighted by atomic mass is 35.5. The van der Waals surface area contributed by atoms with Gasteiger partial charge in [-0.05, 0) is 43.5 Å². The number of halogens is 1. The van der Waals surface area contributed by atoms with Crippen LogP contribution in [0.15, 0.2) is 42.6 Å². The standard InChI is InChI=1S/C22H24ClN3O3.CH4/c1-22(9-7-19(27)25-22)10-8-21(28)26-13-16(14-26)15-5-6-20(24-12-15)29-18-4-2-3-17(23)11-18;/h2-6,11-12,16H,7-10,13-14H2,1H3,(H,25,27);1H4/t22-;/m0./s1. The van der Waals surface area contributed by atoms with Crippen molar-refractivity contribution in [1.82, 2.24) is 15.2 Å². The van der Waals surface area contributed by atoms with Crippen LogP contribution in [0.4, 0.5) is 0 Å². The first kappa shape index (κ1) is 22.1. The number of ether oxygens (including phenoxy) is 1. The highest BCUT2D eigenvalue weighted by Crippen LogP contribution is 2.31. The molecule has 30 heavy (non-hydrogen) atoms. The van der Waals surface area contributed by atoms with Crippen LogP contribution in [0.5, 0.6) is 11.6 Å². The van der Waals surface area contributed by atoms with E-state index in [-0.39, 0.29) is 24.8 Å². The number of pyridine rings is 1. The second-order valence-electron chi connectivity index (χ2n) is 8.09. The fourth-order valence-corrected chi connectivity index (χ4v) is 4.00. The minimum absolute atomic E-state index is 0. The summed E-state index contributed by atoms with van der Waals surface area (Å²) in [7, 11) is 0. The van der Waals surface area contributed by atoms with Gasteiger partial charge in [0.15, 0.2) is 0 Å². The molecule has 1 aromatic heterocycles. The molecule has 2 saturated heterocycles. The Morgan fingerprint density at radius 3 is 2.77 bits per heavy atom. The number of hydrogen-bond acceptors (Lipinski definition) is 4. The Balaban J connectivity index is 0.00000256. The number of carbonyl (C=O) groups is 2. The van der Waals surface area contributed by atoms with Gasteiger partial charge in [0.2, 0.25) is 17.7 Å². The Bertz CT molecular complexity index is 912. The van der Waals surface area contributed by atoms with E-state index in [0.29, 0.717) is 54.9 Å². The van der Waals surface area contributed by atoms with Crippen molar-refractivity contribution in [3.05, 3.63) is 53.2 Å². The molecule has 3 heterocycles. The summed E-state index contributed by atoms with van der Waals surface area (Å²) in [5.74, 6) is 1.69. The lowest BCUT2D eigenvalue weighted by molar-refractivity contribution is -0.136. The van der Waals surface area contributed by atoms with Crippen molar-refractivity contribution in [2.24, 2.45) is 0 Å². The predicted molar refractivity (Wildman–Crippen MR) is 117 cm³/mol. The number of benzene rings is 1. The van der Waals surface area contributed by atoms with Gasteiger partial charge in [0.05, 0.1) is 0 Å². The summed E-state index contributed by atoms with van der Waals surface area (Å²) in [4.78, 5) is 30.1. The summed E-state index contributed by atoms with van der Waals surface area (Å²) in [5.41, 5.74) is 0.863. The van der Waals surface area contributed by atoms with Crippen molar-refractivity contribution in [3.8, 4) is 11.6 Å². The quantitative estimate of drug-likeness (QED) is 0.731. The molecule has 0 spiro atoms. The van der Waals surface area contributed by atoms with Crippen LogP contribution in [0.3, 0.4) is 0 Å². The number of nitrogens with zero attached hydrogens (tertiary/aromatic N) is 2. The summed E-state index contributed by atoms with van der Waals surface area (Å²) < 4.78 is 5.71. The monoisotopic (exact) mass is 429 g/mol. The number of nitrogens with one attached hydrogen (secondary N) is 1. The topological polar surface area (TPSA) is 71.5 Å². The molecule has 4 rings (SSSR count). The fourth-order valence-electron chi connectivity index (χ4n) is 3.82. The number of likely N-dealkylation sites (tertiary alicyclic amines) is 1. The predicted octanol–water partition coefficient (Wildman–Crippen LogP) is 4.54. The third-order valence-electron chi connectivity index (χ3n) is 5.72. The molecule has 6 nitrogen and oxygen atoms in total. The Morgan fingerprint density at radius 1 is 1.33 bits per heavy atom. The highest BCUT2D eigenvalue weighted by molar-refractivity contribution is 6.30. The molecular weight excluding hydrogens is 402 g/mol. The maximum absolute atomic E-state index is 12.4. The van der Waals surface area contributed by atoms with Crippen LogP contribution in [-0.2, 0) is 9.59 Å². The van der Waals surface area contributed by atoms with Crippen LogP contribution in [0.25, 0.3) is 0 Å². The van der Waals surface area contributed by atoms with E-state index in [4.69, 9.17) is 16.3 Å². The van der Waals surface area contributed by atoms with Crippen molar-refractivity contribution < 1.29 is 14.3 Å². The Labute approximate surface area is 182 Å². The van der Waals surface area contributed by atoms with Crippen LogP contribution < -0.4 is 10.1 Å². The molecule has 1 atom stereocenters. The maximum atomic E-state index is 12.4. The molecule has 1 N–H and O–H groups in total. The van der Waals surface area contributed by atoms with Crippen molar-refractivity contribution in [1.29, 1.82) is 0 Å². The van der Waals surface area contributed by atoms with Gasteiger partial charge in [-0.25, -0.2) is 4.98 Å². The number of rotatable bonds is 6. The number of hydrogen-bond donors (Lipinski definition) is 1. The molecular formula is C23H28ClN3O3. The van der Waals surface area contributed by atoms with Crippen molar-refractivity contribution in [3.63, 3.8) is 0 Å². The molecule has 2 aromatic rings. The Hall–Kier alpha value is -2.60. The van der Waals surface area contributed by atoms with Gasteiger partial charge in [-0.3, -0.25) is 9.59 Å². The summed E-state index contributed by atoms with van der Waals surface area (Å²) in [6.07, 6.45) is 4.32. The van der Waals surface area contributed by atoms with Gasteiger partial charge in [0.1, 0.15) is 5.75 Å². The zero-order valence-corrected chi connectivity index (χ0v) is 17.1. The maximum Gasteiger partial charge on any atom is 0.222 e. The minimum atomic E-state index is -0.236. The van der Waals surface area contributed by atoms with E-state index < -0.39 is 0 Å². The average Bonchev–Trinajstić information content (AvgIpc) is 3.00. The lowest BCUT2D eigenvalue weighted by Gasteiger charge is -2.40. The van der Waals surface area contributed by atoms with E-state index in [2.05, 4.69) is 10.3 Å². The first-order valence-electron chi connectivity index (χ1n) is 9.88. The van der Waals surface area contributed by atoms with Crippen molar-refractivity contribution in [2.75, 3.05) is 13.1 Å². The minimum Gasteiger partial charge on any atom is -0.439 e. The molecule has 2 fully saturated rings. The second-order valence-corrected chi connectivity index (χ2v) is 8.53. The number of amides is 2. The van der Waals surface area contributed by atoms with E-state index in [9.17, 15) is 9.59 Å². The lowest BCUT2D eigenvalue weighted by Crippen LogP contribution is -2.49. The molecule has 2 aliphatic heterocycles. The molecule has 0 saturated carbocycles. The molecule has 0 unspecified atom stereocenters. The molecule has 0 aliphatic carbocycles. The Morgan fingerprint density at radius 2 is 2.13 bits per heavy atom. The van der Waals surface area contributed by atoms with Crippen molar-refractivity contribution in [2.45, 2.75) is 51.5 Å². The van der Waals surface area contributed by atoms with Gasteiger partial charge in [-0.15, -0.1) is 0 Å². The van der Waals surface area contributed by atoms with E-state index in [1.807, 2.05) is 42.3 Å². The summed E-state index contributed by atoms with van der Waals surface area (Å²) in [6, 6.07) is 11.0. The van der Waals surface area contributed by atoms with Gasteiger partial charge in [0, 0.05) is 54.7 Å². The van der Waals surface area contributed by atoms with E-state index in [1.54, 1.807) is 12.1 Å².